The summed E-state index contributed by atoms with van der Waals surface area (Å²) >= 11 is 0. The molecule has 0 heterocycles. The summed E-state index contributed by atoms with van der Waals surface area (Å²) in [5.41, 5.74) is 0.601. The molecule has 0 saturated heterocycles. The first kappa shape index (κ1) is 27.8. The minimum absolute atomic E-state index is 0.155. The molecule has 200 valence electrons. The summed E-state index contributed by atoms with van der Waals surface area (Å²) in [5.74, 6) is -0.270. The van der Waals surface area contributed by atoms with Gasteiger partial charge in [-0.3, -0.25) is 0 Å². The lowest BCUT2D eigenvalue weighted by atomic mass is 9.82. The van der Waals surface area contributed by atoms with Gasteiger partial charge in [0.05, 0.1) is 13.7 Å². The van der Waals surface area contributed by atoms with E-state index in [2.05, 4.69) is 10.6 Å². The molecular weight excluding hydrogens is 476 g/mol. The van der Waals surface area contributed by atoms with Crippen LogP contribution in [0.25, 0.3) is 0 Å². The molecule has 0 aromatic heterocycles. The summed E-state index contributed by atoms with van der Waals surface area (Å²) in [5, 5.41) is 5.89. The highest BCUT2D eigenvalue weighted by Gasteiger charge is 2.34. The summed E-state index contributed by atoms with van der Waals surface area (Å²) in [4.78, 5) is 37.1. The Labute approximate surface area is 217 Å². The molecule has 1 aliphatic carbocycles. The second-order valence-corrected chi connectivity index (χ2v) is 10.0. The van der Waals surface area contributed by atoms with Crippen molar-refractivity contribution in [2.75, 3.05) is 13.7 Å². The Balaban J connectivity index is 1.66. The fraction of sp³-hybridized carbons (Fsp3) is 0.464. The third-order valence-corrected chi connectivity index (χ3v) is 5.96. The number of para-hydroxylation sites is 1. The highest BCUT2D eigenvalue weighted by molar-refractivity contribution is 5.92. The van der Waals surface area contributed by atoms with Crippen LogP contribution in [0.1, 0.15) is 56.0 Å². The van der Waals surface area contributed by atoms with Gasteiger partial charge in [-0.15, -0.1) is 0 Å². The molecule has 2 aromatic rings. The van der Waals surface area contributed by atoms with Gasteiger partial charge in [-0.2, -0.15) is 0 Å². The molecule has 9 nitrogen and oxygen atoms in total. The molecule has 37 heavy (non-hydrogen) atoms. The predicted octanol–water partition coefficient (Wildman–Crippen LogP) is 4.84. The van der Waals surface area contributed by atoms with E-state index in [4.69, 9.17) is 18.9 Å². The molecule has 3 atom stereocenters. The summed E-state index contributed by atoms with van der Waals surface area (Å²) in [7, 11) is 1.31. The molecule has 2 N–H and O–H groups in total. The molecule has 0 spiro atoms. The number of nitrogens with one attached hydrogen (secondary N) is 2. The standard InChI is InChI=1S/C28H36N2O7/c1-28(2,3)37-27(33)29-21-14-15-23(30-26(32)36-17-19-10-6-5-7-11-19)20(16-21)18-35-24-13-9-8-12-22(24)25(31)34-4/h5-13,20-21,23H,14-18H2,1-4H3,(H,29,33)(H,30,32)/t20-,21+,23-/m0/s1. The number of methoxy groups -OCH3 is 1. The van der Waals surface area contributed by atoms with Crippen LogP contribution in [-0.4, -0.2) is 49.6 Å². The molecule has 1 aliphatic rings. The van der Waals surface area contributed by atoms with Crippen LogP contribution in [0.3, 0.4) is 0 Å². The van der Waals surface area contributed by atoms with Gasteiger partial charge >= 0.3 is 18.2 Å². The Hall–Kier alpha value is -3.75. The van der Waals surface area contributed by atoms with Gasteiger partial charge in [0.25, 0.3) is 0 Å². The van der Waals surface area contributed by atoms with Crippen molar-refractivity contribution in [1.29, 1.82) is 0 Å². The zero-order valence-corrected chi connectivity index (χ0v) is 21.8. The summed E-state index contributed by atoms with van der Waals surface area (Å²) < 4.78 is 21.7. The fourth-order valence-corrected chi connectivity index (χ4v) is 4.23. The van der Waals surface area contributed by atoms with E-state index < -0.39 is 23.8 Å². The first-order valence-electron chi connectivity index (χ1n) is 12.4. The van der Waals surface area contributed by atoms with Crippen molar-refractivity contribution in [3.63, 3.8) is 0 Å². The van der Waals surface area contributed by atoms with Crippen LogP contribution in [0, 0.1) is 5.92 Å². The van der Waals surface area contributed by atoms with Gasteiger partial charge < -0.3 is 29.6 Å². The van der Waals surface area contributed by atoms with E-state index in [1.807, 2.05) is 51.1 Å². The third-order valence-electron chi connectivity index (χ3n) is 5.96. The maximum Gasteiger partial charge on any atom is 0.407 e. The van der Waals surface area contributed by atoms with Crippen molar-refractivity contribution >= 4 is 18.2 Å². The van der Waals surface area contributed by atoms with Crippen LogP contribution in [0.15, 0.2) is 54.6 Å². The van der Waals surface area contributed by atoms with E-state index in [0.29, 0.717) is 30.6 Å². The first-order chi connectivity index (χ1) is 17.6. The Morgan fingerprint density at radius 2 is 1.62 bits per heavy atom. The minimum Gasteiger partial charge on any atom is -0.492 e. The second kappa shape index (κ2) is 13.0. The van der Waals surface area contributed by atoms with Gasteiger partial charge in [0.2, 0.25) is 0 Å². The highest BCUT2D eigenvalue weighted by Crippen LogP contribution is 2.28. The predicted molar refractivity (Wildman–Crippen MR) is 137 cm³/mol. The van der Waals surface area contributed by atoms with Crippen molar-refractivity contribution in [1.82, 2.24) is 10.6 Å². The number of carbonyl (C=O) groups is 3. The maximum atomic E-state index is 12.6. The Kier molecular flexibility index (Phi) is 9.77. The number of alkyl carbamates (subject to hydrolysis) is 2. The van der Waals surface area contributed by atoms with Crippen LogP contribution in [-0.2, 0) is 20.8 Å². The lowest BCUT2D eigenvalue weighted by Crippen LogP contribution is -2.51. The molecule has 9 heteroatoms. The molecule has 2 amide bonds. The fourth-order valence-electron chi connectivity index (χ4n) is 4.23. The highest BCUT2D eigenvalue weighted by atomic mass is 16.6. The number of rotatable bonds is 8. The SMILES string of the molecule is COC(=O)c1ccccc1OC[C@@H]1C[C@H](NC(=O)OC(C)(C)C)CC[C@@H]1NC(=O)OCc1ccccc1. The maximum absolute atomic E-state index is 12.6. The number of carbonyl (C=O) groups excluding carboxylic acids is 3. The van der Waals surface area contributed by atoms with Gasteiger partial charge in [-0.05, 0) is 57.7 Å². The van der Waals surface area contributed by atoms with Crippen molar-refractivity contribution in [2.45, 2.75) is 64.3 Å². The number of hydrogen-bond acceptors (Lipinski definition) is 7. The minimum atomic E-state index is -0.606. The molecular formula is C28H36N2O7. The normalized spacial score (nSPS) is 19.3. The summed E-state index contributed by atoms with van der Waals surface area (Å²) in [6.07, 6.45) is 0.795. The summed E-state index contributed by atoms with van der Waals surface area (Å²) in [6, 6.07) is 15.9. The molecule has 1 fully saturated rings. The Morgan fingerprint density at radius 1 is 0.919 bits per heavy atom. The average Bonchev–Trinajstić information content (AvgIpc) is 2.86. The smallest absolute Gasteiger partial charge is 0.407 e. The number of esters is 1. The zero-order chi connectivity index (χ0) is 26.8. The Morgan fingerprint density at radius 3 is 2.32 bits per heavy atom. The quantitative estimate of drug-likeness (QED) is 0.384. The number of amides is 2. The topological polar surface area (TPSA) is 112 Å². The van der Waals surface area contributed by atoms with Crippen molar-refractivity contribution in [2.24, 2.45) is 5.92 Å². The molecule has 3 rings (SSSR count). The van der Waals surface area contributed by atoms with Crippen molar-refractivity contribution in [3.05, 3.63) is 65.7 Å². The monoisotopic (exact) mass is 512 g/mol. The molecule has 0 aliphatic heterocycles. The third kappa shape index (κ3) is 9.00. The van der Waals surface area contributed by atoms with E-state index in [0.717, 1.165) is 5.56 Å². The zero-order valence-electron chi connectivity index (χ0n) is 21.8. The lowest BCUT2D eigenvalue weighted by Gasteiger charge is -2.36. The lowest BCUT2D eigenvalue weighted by molar-refractivity contribution is 0.0458. The Bertz CT molecular complexity index is 1050. The van der Waals surface area contributed by atoms with E-state index in [1.165, 1.54) is 7.11 Å². The average molecular weight is 513 g/mol. The molecule has 1 saturated carbocycles. The largest absolute Gasteiger partial charge is 0.492 e. The number of ether oxygens (including phenoxy) is 4. The van der Waals surface area contributed by atoms with E-state index >= 15 is 0 Å². The molecule has 0 unspecified atom stereocenters. The van der Waals surface area contributed by atoms with Crippen LogP contribution in [0.4, 0.5) is 9.59 Å². The van der Waals surface area contributed by atoms with Gasteiger partial charge in [0.15, 0.2) is 0 Å². The van der Waals surface area contributed by atoms with Crippen LogP contribution in [0.5, 0.6) is 5.75 Å². The van der Waals surface area contributed by atoms with Crippen molar-refractivity contribution in [3.8, 4) is 5.75 Å². The van der Waals surface area contributed by atoms with E-state index in [1.54, 1.807) is 24.3 Å². The van der Waals surface area contributed by atoms with Crippen LogP contribution >= 0.6 is 0 Å². The van der Waals surface area contributed by atoms with Crippen LogP contribution < -0.4 is 15.4 Å². The van der Waals surface area contributed by atoms with Crippen LogP contribution in [0.2, 0.25) is 0 Å². The summed E-state index contributed by atoms with van der Waals surface area (Å²) in [6.45, 7) is 5.80. The van der Waals surface area contributed by atoms with E-state index in [-0.39, 0.29) is 31.2 Å². The molecule has 0 radical (unpaired) electrons. The number of benzene rings is 2. The number of hydrogen-bond donors (Lipinski definition) is 2. The van der Waals surface area contributed by atoms with Gasteiger partial charge in [0, 0.05) is 18.0 Å². The van der Waals surface area contributed by atoms with Gasteiger partial charge in [-0.1, -0.05) is 42.5 Å². The molecule has 2 aromatic carbocycles. The van der Waals surface area contributed by atoms with E-state index in [9.17, 15) is 14.4 Å². The second-order valence-electron chi connectivity index (χ2n) is 10.0. The van der Waals surface area contributed by atoms with Gasteiger partial charge in [0.1, 0.15) is 23.5 Å². The van der Waals surface area contributed by atoms with Gasteiger partial charge in [-0.25, -0.2) is 14.4 Å². The van der Waals surface area contributed by atoms with Crippen molar-refractivity contribution < 1.29 is 33.3 Å². The molecule has 0 bridgehead atoms. The first-order valence-corrected chi connectivity index (χ1v) is 12.4.